The molecule has 1 unspecified atom stereocenters. The van der Waals surface area contributed by atoms with Crippen LogP contribution in [0.15, 0.2) is 28.9 Å². The van der Waals surface area contributed by atoms with Gasteiger partial charge in [0.25, 0.3) is 0 Å². The molecule has 0 spiro atoms. The molecule has 0 aliphatic heterocycles. The summed E-state index contributed by atoms with van der Waals surface area (Å²) in [7, 11) is 3.73. The van der Waals surface area contributed by atoms with E-state index >= 15 is 0 Å². The highest BCUT2D eigenvalue weighted by Crippen LogP contribution is 2.33. The van der Waals surface area contributed by atoms with E-state index in [4.69, 9.17) is 23.2 Å². The zero-order valence-corrected chi connectivity index (χ0v) is 13.0. The summed E-state index contributed by atoms with van der Waals surface area (Å²) in [5.41, 5.74) is 1.86. The maximum atomic E-state index is 6.28. The second-order valence-electron chi connectivity index (χ2n) is 3.89. The number of aromatic nitrogens is 2. The molecule has 0 bridgehead atoms. The smallest absolute Gasteiger partial charge is 0.0837 e. The van der Waals surface area contributed by atoms with Gasteiger partial charge >= 0.3 is 0 Å². The summed E-state index contributed by atoms with van der Waals surface area (Å²) >= 11 is 15.9. The van der Waals surface area contributed by atoms with Crippen molar-refractivity contribution in [3.05, 3.63) is 50.2 Å². The fourth-order valence-corrected chi connectivity index (χ4v) is 2.98. The summed E-state index contributed by atoms with van der Waals surface area (Å²) in [6.07, 6.45) is 1.63. The molecule has 0 aliphatic carbocycles. The van der Waals surface area contributed by atoms with Crippen molar-refractivity contribution in [1.29, 1.82) is 0 Å². The van der Waals surface area contributed by atoms with Gasteiger partial charge in [-0.25, -0.2) is 0 Å². The molecule has 0 radical (unpaired) electrons. The Morgan fingerprint density at radius 2 is 2.06 bits per heavy atom. The van der Waals surface area contributed by atoms with Gasteiger partial charge in [-0.15, -0.1) is 0 Å². The van der Waals surface area contributed by atoms with Gasteiger partial charge in [0, 0.05) is 16.5 Å². The Bertz CT molecular complexity index is 549. The molecule has 1 aromatic carbocycles. The third kappa shape index (κ3) is 2.57. The summed E-state index contributed by atoms with van der Waals surface area (Å²) in [6.45, 7) is 0. The first-order chi connectivity index (χ1) is 8.54. The van der Waals surface area contributed by atoms with Gasteiger partial charge < -0.3 is 5.32 Å². The number of benzene rings is 1. The van der Waals surface area contributed by atoms with Crippen LogP contribution in [0.5, 0.6) is 0 Å². The lowest BCUT2D eigenvalue weighted by atomic mass is 10.0. The van der Waals surface area contributed by atoms with Crippen LogP contribution in [-0.2, 0) is 7.05 Å². The molecule has 1 N–H and O–H groups in total. The first-order valence-corrected chi connectivity index (χ1v) is 6.89. The highest BCUT2D eigenvalue weighted by molar-refractivity contribution is 9.10. The standard InChI is InChI=1S/C12H12BrCl2N3/c1-16-11(12-10(15)6-17-18(12)2)8-4-3-7(13)5-9(8)14/h3-6,11,16H,1-2H3. The normalized spacial score (nSPS) is 12.7. The van der Waals surface area contributed by atoms with E-state index in [0.717, 1.165) is 15.7 Å². The average molecular weight is 349 g/mol. The number of rotatable bonds is 3. The minimum absolute atomic E-state index is 0.0920. The second-order valence-corrected chi connectivity index (χ2v) is 5.62. The topological polar surface area (TPSA) is 29.9 Å². The minimum atomic E-state index is -0.0920. The van der Waals surface area contributed by atoms with Gasteiger partial charge in [0.05, 0.1) is 23.0 Å². The van der Waals surface area contributed by atoms with E-state index in [1.165, 1.54) is 0 Å². The molecule has 3 nitrogen and oxygen atoms in total. The van der Waals surface area contributed by atoms with Crippen molar-refractivity contribution in [1.82, 2.24) is 15.1 Å². The van der Waals surface area contributed by atoms with Crippen LogP contribution in [0.4, 0.5) is 0 Å². The average Bonchev–Trinajstić information content (AvgIpc) is 2.64. The van der Waals surface area contributed by atoms with Gasteiger partial charge in [0.15, 0.2) is 0 Å². The highest BCUT2D eigenvalue weighted by Gasteiger charge is 2.21. The third-order valence-electron chi connectivity index (χ3n) is 2.77. The zero-order valence-electron chi connectivity index (χ0n) is 9.92. The first-order valence-electron chi connectivity index (χ1n) is 5.34. The molecule has 2 aromatic rings. The largest absolute Gasteiger partial charge is 0.308 e. The van der Waals surface area contributed by atoms with Gasteiger partial charge in [-0.2, -0.15) is 5.10 Å². The fourth-order valence-electron chi connectivity index (χ4n) is 1.92. The van der Waals surface area contributed by atoms with Crippen molar-refractivity contribution in [2.24, 2.45) is 7.05 Å². The molecule has 1 heterocycles. The van der Waals surface area contributed by atoms with Crippen LogP contribution >= 0.6 is 39.1 Å². The lowest BCUT2D eigenvalue weighted by Gasteiger charge is -2.19. The molecule has 1 aromatic heterocycles. The Labute approximate surface area is 124 Å². The molecule has 0 amide bonds. The summed E-state index contributed by atoms with van der Waals surface area (Å²) in [5, 5.41) is 8.67. The van der Waals surface area contributed by atoms with E-state index in [2.05, 4.69) is 26.3 Å². The Morgan fingerprint density at radius 1 is 1.33 bits per heavy atom. The minimum Gasteiger partial charge on any atom is -0.308 e. The van der Waals surface area contributed by atoms with E-state index in [9.17, 15) is 0 Å². The van der Waals surface area contributed by atoms with E-state index in [0.29, 0.717) is 10.0 Å². The second kappa shape index (κ2) is 5.61. The number of nitrogens with zero attached hydrogens (tertiary/aromatic N) is 2. The van der Waals surface area contributed by atoms with E-state index < -0.39 is 0 Å². The number of nitrogens with one attached hydrogen (secondary N) is 1. The van der Waals surface area contributed by atoms with Gasteiger partial charge in [-0.05, 0) is 24.7 Å². The highest BCUT2D eigenvalue weighted by atomic mass is 79.9. The molecular formula is C12H12BrCl2N3. The van der Waals surface area contributed by atoms with Crippen LogP contribution in [0.3, 0.4) is 0 Å². The van der Waals surface area contributed by atoms with Gasteiger partial charge in [-0.1, -0.05) is 45.2 Å². The van der Waals surface area contributed by atoms with Crippen molar-refractivity contribution in [3.63, 3.8) is 0 Å². The molecular weight excluding hydrogens is 337 g/mol. The van der Waals surface area contributed by atoms with E-state index in [1.807, 2.05) is 32.3 Å². The van der Waals surface area contributed by atoms with Crippen molar-refractivity contribution in [2.45, 2.75) is 6.04 Å². The van der Waals surface area contributed by atoms with Crippen LogP contribution in [-0.4, -0.2) is 16.8 Å². The number of aryl methyl sites for hydroxylation is 1. The van der Waals surface area contributed by atoms with E-state index in [1.54, 1.807) is 10.9 Å². The molecule has 96 valence electrons. The van der Waals surface area contributed by atoms with Gasteiger partial charge in [0.1, 0.15) is 0 Å². The Morgan fingerprint density at radius 3 is 2.56 bits per heavy atom. The number of halogens is 3. The summed E-state index contributed by atoms with van der Waals surface area (Å²) < 4.78 is 2.70. The van der Waals surface area contributed by atoms with Crippen LogP contribution in [0.1, 0.15) is 17.3 Å². The van der Waals surface area contributed by atoms with Gasteiger partial charge in [0.2, 0.25) is 0 Å². The quantitative estimate of drug-likeness (QED) is 0.914. The Balaban J connectivity index is 2.52. The maximum Gasteiger partial charge on any atom is 0.0837 e. The van der Waals surface area contributed by atoms with Crippen LogP contribution in [0.25, 0.3) is 0 Å². The van der Waals surface area contributed by atoms with E-state index in [-0.39, 0.29) is 6.04 Å². The zero-order chi connectivity index (χ0) is 13.3. The van der Waals surface area contributed by atoms with Crippen molar-refractivity contribution >= 4 is 39.1 Å². The van der Waals surface area contributed by atoms with Gasteiger partial charge in [-0.3, -0.25) is 4.68 Å². The van der Waals surface area contributed by atoms with Crippen LogP contribution in [0, 0.1) is 0 Å². The maximum absolute atomic E-state index is 6.28. The van der Waals surface area contributed by atoms with Crippen molar-refractivity contribution in [2.75, 3.05) is 7.05 Å². The summed E-state index contributed by atoms with van der Waals surface area (Å²) in [4.78, 5) is 0. The molecule has 0 saturated heterocycles. The lowest BCUT2D eigenvalue weighted by Crippen LogP contribution is -2.21. The number of hydrogen-bond donors (Lipinski definition) is 1. The molecule has 2 rings (SSSR count). The molecule has 1 atom stereocenters. The lowest BCUT2D eigenvalue weighted by molar-refractivity contribution is 0.606. The Hall–Kier alpha value is -0.550. The fraction of sp³-hybridized carbons (Fsp3) is 0.250. The van der Waals surface area contributed by atoms with Crippen LogP contribution in [0.2, 0.25) is 10.0 Å². The molecule has 18 heavy (non-hydrogen) atoms. The predicted molar refractivity (Wildman–Crippen MR) is 78.3 cm³/mol. The SMILES string of the molecule is CNC(c1ccc(Br)cc1Cl)c1c(Cl)cnn1C. The summed E-state index contributed by atoms with van der Waals surface area (Å²) in [5.74, 6) is 0. The first kappa shape index (κ1) is 13.9. The van der Waals surface area contributed by atoms with Crippen molar-refractivity contribution in [3.8, 4) is 0 Å². The predicted octanol–water partition coefficient (Wildman–Crippen LogP) is 3.80. The van der Waals surface area contributed by atoms with Crippen molar-refractivity contribution < 1.29 is 0 Å². The molecule has 0 saturated carbocycles. The third-order valence-corrected chi connectivity index (χ3v) is 3.89. The molecule has 0 aliphatic rings. The molecule has 0 fully saturated rings. The summed E-state index contributed by atoms with van der Waals surface area (Å²) in [6, 6.07) is 5.70. The monoisotopic (exact) mass is 347 g/mol. The van der Waals surface area contributed by atoms with Crippen LogP contribution < -0.4 is 5.32 Å². The number of hydrogen-bond acceptors (Lipinski definition) is 2. The molecule has 6 heteroatoms. The Kier molecular flexibility index (Phi) is 4.33.